The van der Waals surface area contributed by atoms with Crippen LogP contribution >= 0.6 is 0 Å². The molecule has 4 heteroatoms. The number of quaternary nitrogens is 2. The number of hydrogen-bond acceptors (Lipinski definition) is 1. The third kappa shape index (κ3) is 7.42. The average molecular weight is 554 g/mol. The second kappa shape index (κ2) is 10.7. The van der Waals surface area contributed by atoms with E-state index in [-0.39, 0.29) is 0 Å². The summed E-state index contributed by atoms with van der Waals surface area (Å²) in [6, 6.07) is 27.8. The molecule has 0 aromatic heterocycles. The first-order valence-electron chi connectivity index (χ1n) is 11.7. The summed E-state index contributed by atoms with van der Waals surface area (Å²) in [5.41, 5.74) is 4.49. The molecule has 0 bridgehead atoms. The Labute approximate surface area is 209 Å². The second-order valence-electron chi connectivity index (χ2n) is 11.4. The van der Waals surface area contributed by atoms with E-state index in [1.54, 1.807) is 10.5 Å². The second-order valence-corrected chi connectivity index (χ2v) is 17.4. The fourth-order valence-electron chi connectivity index (χ4n) is 4.34. The Hall–Kier alpha value is -1.64. The number of benzene rings is 3. The van der Waals surface area contributed by atoms with Crippen LogP contribution in [0.15, 0.2) is 72.8 Å². The van der Waals surface area contributed by atoms with E-state index in [1.165, 1.54) is 16.7 Å². The van der Waals surface area contributed by atoms with E-state index in [2.05, 4.69) is 134 Å². The number of hydrogen-bond donors (Lipinski definition) is 0. The van der Waals surface area contributed by atoms with Gasteiger partial charge in [0.15, 0.2) is 0 Å². The van der Waals surface area contributed by atoms with E-state index < -0.39 is 20.2 Å². The molecule has 3 rings (SSSR count). The van der Waals surface area contributed by atoms with Crippen molar-refractivity contribution in [3.05, 3.63) is 89.5 Å². The van der Waals surface area contributed by atoms with Gasteiger partial charge in [0.2, 0.25) is 0 Å². The van der Waals surface area contributed by atoms with Gasteiger partial charge in [-0.15, -0.1) is 0 Å². The van der Waals surface area contributed by atoms with Gasteiger partial charge < -0.3 is 0 Å². The zero-order valence-corrected chi connectivity index (χ0v) is 24.4. The third-order valence-electron chi connectivity index (χ3n) is 5.47. The Morgan fingerprint density at radius 3 is 1.24 bits per heavy atom. The predicted molar refractivity (Wildman–Crippen MR) is 145 cm³/mol. The number of rotatable bonds is 9. The zero-order chi connectivity index (χ0) is 24.2. The van der Waals surface area contributed by atoms with Gasteiger partial charge in [-0.25, -0.2) is 0 Å². The summed E-state index contributed by atoms with van der Waals surface area (Å²) in [7, 11) is 18.1. The molecule has 0 saturated heterocycles. The first kappa shape index (κ1) is 26.0. The van der Waals surface area contributed by atoms with Gasteiger partial charge in [0, 0.05) is 0 Å². The van der Waals surface area contributed by atoms with Crippen molar-refractivity contribution < 1.29 is 8.97 Å². The Bertz CT molecular complexity index is 1000. The fourth-order valence-corrected chi connectivity index (χ4v) is 12.3. The van der Waals surface area contributed by atoms with Crippen LogP contribution in [0.4, 0.5) is 0 Å². The molecular formula is C29H42N3Sb+2. The molecule has 0 heterocycles. The van der Waals surface area contributed by atoms with Gasteiger partial charge in [-0.05, 0) is 0 Å². The molecule has 0 spiro atoms. The maximum absolute atomic E-state index is 2.43. The summed E-state index contributed by atoms with van der Waals surface area (Å²) >= 11 is -2.32. The molecule has 0 N–H and O–H groups in total. The Kier molecular flexibility index (Phi) is 8.45. The van der Waals surface area contributed by atoms with Crippen LogP contribution < -0.4 is 10.5 Å². The van der Waals surface area contributed by atoms with E-state index in [0.29, 0.717) is 0 Å². The molecule has 0 unspecified atom stereocenters. The molecule has 33 heavy (non-hydrogen) atoms. The quantitative estimate of drug-likeness (QED) is 0.291. The minimum absolute atomic E-state index is 0.936. The molecule has 0 aliphatic heterocycles. The molecule has 0 radical (unpaired) electrons. The zero-order valence-electron chi connectivity index (χ0n) is 21.8. The Balaban J connectivity index is 2.29. The third-order valence-corrected chi connectivity index (χ3v) is 13.3. The average Bonchev–Trinajstić information content (AvgIpc) is 2.69. The van der Waals surface area contributed by atoms with Crippen molar-refractivity contribution in [2.24, 2.45) is 0 Å². The molecule has 0 atom stereocenters. The molecule has 0 aliphatic carbocycles. The van der Waals surface area contributed by atoms with Crippen molar-refractivity contribution in [1.82, 2.24) is 4.90 Å². The Morgan fingerprint density at radius 2 is 0.879 bits per heavy atom. The van der Waals surface area contributed by atoms with Crippen LogP contribution in [0, 0.1) is 0 Å². The van der Waals surface area contributed by atoms with Gasteiger partial charge in [-0.3, -0.25) is 0 Å². The molecule has 0 fully saturated rings. The van der Waals surface area contributed by atoms with E-state index in [1.807, 2.05) is 0 Å². The molecule has 0 saturated carbocycles. The van der Waals surface area contributed by atoms with Crippen LogP contribution in [0.3, 0.4) is 0 Å². The van der Waals surface area contributed by atoms with E-state index in [4.69, 9.17) is 0 Å². The summed E-state index contributed by atoms with van der Waals surface area (Å²) in [5.74, 6) is 0. The van der Waals surface area contributed by atoms with Gasteiger partial charge in [0.1, 0.15) is 0 Å². The summed E-state index contributed by atoms with van der Waals surface area (Å²) in [6.45, 7) is 3.07. The van der Waals surface area contributed by atoms with Gasteiger partial charge in [0.05, 0.1) is 0 Å². The molecule has 176 valence electrons. The normalized spacial score (nSPS) is 12.5. The van der Waals surface area contributed by atoms with Crippen LogP contribution in [-0.2, 0) is 19.6 Å². The van der Waals surface area contributed by atoms with E-state index >= 15 is 0 Å². The fraction of sp³-hybridized carbons (Fsp3) is 0.379. The molecular weight excluding hydrogens is 512 g/mol. The number of nitrogens with zero attached hydrogens (tertiary/aromatic N) is 3. The van der Waals surface area contributed by atoms with Crippen molar-refractivity contribution in [1.29, 1.82) is 0 Å². The van der Waals surface area contributed by atoms with Gasteiger partial charge in [0.25, 0.3) is 0 Å². The first-order chi connectivity index (χ1) is 15.4. The molecule has 0 amide bonds. The van der Waals surface area contributed by atoms with Crippen LogP contribution in [0.1, 0.15) is 16.7 Å². The van der Waals surface area contributed by atoms with E-state index in [0.717, 1.165) is 28.6 Å². The van der Waals surface area contributed by atoms with Gasteiger partial charge in [-0.1, -0.05) is 0 Å². The Morgan fingerprint density at radius 1 is 0.545 bits per heavy atom. The summed E-state index contributed by atoms with van der Waals surface area (Å²) in [6.07, 6.45) is 0. The topological polar surface area (TPSA) is 3.24 Å². The summed E-state index contributed by atoms with van der Waals surface area (Å²) in [4.78, 5) is 2.30. The van der Waals surface area contributed by atoms with Crippen molar-refractivity contribution in [3.8, 4) is 0 Å². The molecule has 3 aromatic rings. The van der Waals surface area contributed by atoms with Crippen molar-refractivity contribution in [3.63, 3.8) is 0 Å². The standard InChI is InChI=1S/2C10H15N.C9H12N.Sb/c2*1-11(2,3)9-10-7-5-4-6-8-10;1-10(2)8-9-6-4-3-5-7-9;/h2*4-7H,9H2,1-3H3;3-6H,8H2,1-2H3;/q2*+1;;. The van der Waals surface area contributed by atoms with Crippen molar-refractivity contribution in [2.45, 2.75) is 19.6 Å². The predicted octanol–water partition coefficient (Wildman–Crippen LogP) is 2.68. The summed E-state index contributed by atoms with van der Waals surface area (Å²) in [5, 5.41) is 0. The van der Waals surface area contributed by atoms with Crippen molar-refractivity contribution in [2.75, 3.05) is 56.4 Å². The van der Waals surface area contributed by atoms with Crippen LogP contribution in [-0.4, -0.2) is 90.5 Å². The minimum atomic E-state index is -2.32. The summed E-state index contributed by atoms with van der Waals surface area (Å²) < 4.78 is 6.68. The van der Waals surface area contributed by atoms with Crippen LogP contribution in [0.5, 0.6) is 0 Å². The SMILES string of the molecule is CN(C)Cc1cccc[c]1[Sb]([c]1ccccc1C[N+](C)(C)C)[c]1ccccc1C[N+](C)(C)C. The molecule has 3 nitrogen and oxygen atoms in total. The van der Waals surface area contributed by atoms with Crippen molar-refractivity contribution >= 4 is 30.7 Å². The molecule has 3 aromatic carbocycles. The van der Waals surface area contributed by atoms with Crippen LogP contribution in [0.25, 0.3) is 0 Å². The monoisotopic (exact) mass is 553 g/mol. The van der Waals surface area contributed by atoms with Crippen LogP contribution in [0.2, 0.25) is 0 Å². The van der Waals surface area contributed by atoms with Gasteiger partial charge in [-0.2, -0.15) is 0 Å². The van der Waals surface area contributed by atoms with E-state index in [9.17, 15) is 0 Å². The molecule has 0 aliphatic rings. The maximum atomic E-state index is 2.43. The first-order valence-corrected chi connectivity index (χ1v) is 15.6. The van der Waals surface area contributed by atoms with Gasteiger partial charge >= 0.3 is 210 Å².